The summed E-state index contributed by atoms with van der Waals surface area (Å²) in [4.78, 5) is 11.8. The van der Waals surface area contributed by atoms with Gasteiger partial charge >= 0.3 is 0 Å². The minimum atomic E-state index is -3.80. The molecule has 0 unspecified atom stereocenters. The van der Waals surface area contributed by atoms with Gasteiger partial charge in [0.05, 0.1) is 20.6 Å². The summed E-state index contributed by atoms with van der Waals surface area (Å²) in [6.07, 6.45) is 0. The molecule has 6 nitrogen and oxygen atoms in total. The fourth-order valence-corrected chi connectivity index (χ4v) is 3.44. The van der Waals surface area contributed by atoms with Gasteiger partial charge in [-0.1, -0.05) is 23.2 Å². The van der Waals surface area contributed by atoms with Crippen molar-refractivity contribution >= 4 is 44.8 Å². The molecule has 0 bridgehead atoms. The number of anilines is 1. The highest BCUT2D eigenvalue weighted by Crippen LogP contribution is 2.26. The Morgan fingerprint density at radius 2 is 1.67 bits per heavy atom. The van der Waals surface area contributed by atoms with Gasteiger partial charge in [-0.2, -0.15) is 0 Å². The predicted molar refractivity (Wildman–Crippen MR) is 107 cm³/mol. The second kappa shape index (κ2) is 8.37. The van der Waals surface area contributed by atoms with Crippen LogP contribution in [0.25, 0.3) is 0 Å². The number of halogens is 2. The Balaban J connectivity index is 2.02. The van der Waals surface area contributed by atoms with Crippen molar-refractivity contribution in [3.63, 3.8) is 0 Å². The van der Waals surface area contributed by atoms with Gasteiger partial charge in [0.2, 0.25) is 0 Å². The molecule has 1 amide bonds. The molecular weight excluding hydrogens is 411 g/mol. The van der Waals surface area contributed by atoms with Gasteiger partial charge in [0.1, 0.15) is 5.75 Å². The minimum absolute atomic E-state index is 0.0417. The van der Waals surface area contributed by atoms with Crippen LogP contribution in [0, 0.1) is 0 Å². The van der Waals surface area contributed by atoms with Crippen molar-refractivity contribution in [1.29, 1.82) is 0 Å². The van der Waals surface area contributed by atoms with E-state index in [2.05, 4.69) is 10.0 Å². The number of amides is 1. The number of carbonyl (C=O) groups is 1. The maximum Gasteiger partial charge on any atom is 0.261 e. The van der Waals surface area contributed by atoms with Crippen molar-refractivity contribution in [3.8, 4) is 5.75 Å². The molecule has 0 aliphatic heterocycles. The average molecular weight is 431 g/mol. The third-order valence-corrected chi connectivity index (χ3v) is 5.33. The summed E-state index contributed by atoms with van der Waals surface area (Å²) in [5.41, 5.74) is -0.0576. The lowest BCUT2D eigenvalue weighted by Gasteiger charge is -2.20. The third kappa shape index (κ3) is 6.61. The van der Waals surface area contributed by atoms with Gasteiger partial charge in [0, 0.05) is 5.54 Å². The summed E-state index contributed by atoms with van der Waals surface area (Å²) in [6, 6.07) is 10.2. The van der Waals surface area contributed by atoms with E-state index in [0.717, 1.165) is 0 Å². The maximum atomic E-state index is 12.4. The van der Waals surface area contributed by atoms with Gasteiger partial charge in [-0.05, 0) is 63.2 Å². The molecule has 0 saturated carbocycles. The number of nitrogens with one attached hydrogen (secondary N) is 2. The lowest BCUT2D eigenvalue weighted by atomic mass is 10.1. The van der Waals surface area contributed by atoms with Crippen LogP contribution >= 0.6 is 23.2 Å². The van der Waals surface area contributed by atoms with Crippen molar-refractivity contribution in [2.45, 2.75) is 31.2 Å². The Hall–Kier alpha value is -1.96. The van der Waals surface area contributed by atoms with Crippen LogP contribution in [-0.4, -0.2) is 26.5 Å². The molecule has 0 fully saturated rings. The van der Waals surface area contributed by atoms with E-state index in [4.69, 9.17) is 27.9 Å². The Morgan fingerprint density at radius 1 is 1.04 bits per heavy atom. The van der Waals surface area contributed by atoms with Gasteiger partial charge < -0.3 is 10.1 Å². The lowest BCUT2D eigenvalue weighted by Crippen LogP contribution is -2.43. The molecule has 2 aromatic rings. The largest absolute Gasteiger partial charge is 0.484 e. The average Bonchev–Trinajstić information content (AvgIpc) is 2.55. The summed E-state index contributed by atoms with van der Waals surface area (Å²) < 4.78 is 32.7. The first kappa shape index (κ1) is 21.3. The highest BCUT2D eigenvalue weighted by molar-refractivity contribution is 7.92. The van der Waals surface area contributed by atoms with Crippen molar-refractivity contribution in [2.75, 3.05) is 11.3 Å². The van der Waals surface area contributed by atoms with Crippen LogP contribution in [0.1, 0.15) is 20.8 Å². The molecular formula is C18H20Cl2N2O4S. The molecule has 0 radical (unpaired) electrons. The summed E-state index contributed by atoms with van der Waals surface area (Å²) in [7, 11) is -3.80. The van der Waals surface area contributed by atoms with Crippen LogP contribution < -0.4 is 14.8 Å². The monoisotopic (exact) mass is 430 g/mol. The van der Waals surface area contributed by atoms with Gasteiger partial charge in [0.25, 0.3) is 15.9 Å². The Bertz CT molecular complexity index is 923. The highest BCUT2D eigenvalue weighted by atomic mass is 35.5. The fraction of sp³-hybridized carbons (Fsp3) is 0.278. The van der Waals surface area contributed by atoms with E-state index >= 15 is 0 Å². The molecule has 2 N–H and O–H groups in total. The first-order chi connectivity index (χ1) is 12.5. The molecule has 0 spiro atoms. The normalized spacial score (nSPS) is 11.7. The van der Waals surface area contributed by atoms with Crippen molar-refractivity contribution in [1.82, 2.24) is 5.32 Å². The molecule has 0 atom stereocenters. The van der Waals surface area contributed by atoms with E-state index < -0.39 is 10.0 Å². The molecule has 0 aromatic heterocycles. The molecule has 0 aliphatic carbocycles. The molecule has 0 saturated heterocycles. The van der Waals surface area contributed by atoms with Crippen molar-refractivity contribution in [2.24, 2.45) is 0 Å². The van der Waals surface area contributed by atoms with Crippen molar-refractivity contribution in [3.05, 3.63) is 52.5 Å². The van der Waals surface area contributed by atoms with E-state index in [1.165, 1.54) is 42.5 Å². The van der Waals surface area contributed by atoms with Gasteiger partial charge in [0.15, 0.2) is 6.61 Å². The number of carbonyl (C=O) groups excluding carboxylic acids is 1. The van der Waals surface area contributed by atoms with Gasteiger partial charge in [-0.3, -0.25) is 9.52 Å². The summed E-state index contributed by atoms with van der Waals surface area (Å²) in [6.45, 7) is 5.44. The predicted octanol–water partition coefficient (Wildman–Crippen LogP) is 4.09. The Morgan fingerprint density at radius 3 is 2.22 bits per heavy atom. The molecule has 2 aromatic carbocycles. The number of sulfonamides is 1. The fourth-order valence-electron chi connectivity index (χ4n) is 2.09. The second-order valence-corrected chi connectivity index (χ2v) is 9.29. The van der Waals surface area contributed by atoms with Gasteiger partial charge in [-0.25, -0.2) is 8.42 Å². The summed E-state index contributed by atoms with van der Waals surface area (Å²) in [5.74, 6) is 0.119. The van der Waals surface area contributed by atoms with Crippen LogP contribution in [0.15, 0.2) is 47.4 Å². The highest BCUT2D eigenvalue weighted by Gasteiger charge is 2.16. The first-order valence-electron chi connectivity index (χ1n) is 7.98. The van der Waals surface area contributed by atoms with E-state index in [-0.39, 0.29) is 28.0 Å². The molecule has 9 heteroatoms. The standard InChI is InChI=1S/C18H20Cl2N2O4S/c1-18(2,3)21-17(23)11-26-13-5-7-14(8-6-13)27(24,25)22-12-4-9-15(19)16(20)10-12/h4-10,22H,11H2,1-3H3,(H,21,23). The van der Waals surface area contributed by atoms with Gasteiger partial charge in [-0.15, -0.1) is 0 Å². The third-order valence-electron chi connectivity index (χ3n) is 3.19. The number of rotatable bonds is 6. The Labute approximate surface area is 168 Å². The minimum Gasteiger partial charge on any atom is -0.484 e. The molecule has 27 heavy (non-hydrogen) atoms. The van der Waals surface area contributed by atoms with Crippen LogP contribution in [0.5, 0.6) is 5.75 Å². The van der Waals surface area contributed by atoms with Crippen molar-refractivity contribution < 1.29 is 17.9 Å². The van der Waals surface area contributed by atoms with E-state index in [0.29, 0.717) is 16.5 Å². The SMILES string of the molecule is CC(C)(C)NC(=O)COc1ccc(S(=O)(=O)Nc2ccc(Cl)c(Cl)c2)cc1. The van der Waals surface area contributed by atoms with E-state index in [1.807, 2.05) is 20.8 Å². The number of benzene rings is 2. The Kier molecular flexibility index (Phi) is 6.62. The molecule has 0 aliphatic rings. The summed E-state index contributed by atoms with van der Waals surface area (Å²) in [5, 5.41) is 3.35. The summed E-state index contributed by atoms with van der Waals surface area (Å²) >= 11 is 11.7. The lowest BCUT2D eigenvalue weighted by molar-refractivity contribution is -0.124. The molecule has 0 heterocycles. The number of hydrogen-bond donors (Lipinski definition) is 2. The second-order valence-electron chi connectivity index (χ2n) is 6.79. The molecule has 2 rings (SSSR count). The maximum absolute atomic E-state index is 12.4. The zero-order valence-electron chi connectivity index (χ0n) is 15.0. The number of hydrogen-bond acceptors (Lipinski definition) is 4. The van der Waals surface area contributed by atoms with E-state index in [9.17, 15) is 13.2 Å². The smallest absolute Gasteiger partial charge is 0.261 e. The first-order valence-corrected chi connectivity index (χ1v) is 10.2. The van der Waals surface area contributed by atoms with Crippen LogP contribution in [-0.2, 0) is 14.8 Å². The quantitative estimate of drug-likeness (QED) is 0.722. The van der Waals surface area contributed by atoms with E-state index in [1.54, 1.807) is 0 Å². The zero-order chi connectivity index (χ0) is 20.2. The van der Waals surface area contributed by atoms with Crippen LogP contribution in [0.4, 0.5) is 5.69 Å². The number of ether oxygens (including phenoxy) is 1. The topological polar surface area (TPSA) is 84.5 Å². The zero-order valence-corrected chi connectivity index (χ0v) is 17.4. The molecule has 146 valence electrons. The van der Waals surface area contributed by atoms with Crippen LogP contribution in [0.2, 0.25) is 10.0 Å². The van der Waals surface area contributed by atoms with Crippen LogP contribution in [0.3, 0.4) is 0 Å².